The van der Waals surface area contributed by atoms with Gasteiger partial charge >= 0.3 is 0 Å². The standard InChI is InChI=1S/C43H27N5/c1-4-15-28(16-5-1)41-44-42(29-17-6-2-7-18-29)46-43(45-41)48-36-25-13-11-22-32(36)39-33-23-14-26-37-40(33)34(27-38(39)48)31-21-10-12-24-35(31)47(37)30-19-8-3-9-20-30/h1-27H. The maximum Gasteiger partial charge on any atom is 0.238 e. The molecule has 5 nitrogen and oxygen atoms in total. The molecular formula is C43H27N5. The number of benzene rings is 7. The molecule has 5 heteroatoms. The molecule has 48 heavy (non-hydrogen) atoms. The molecule has 0 fully saturated rings. The average Bonchev–Trinajstić information content (AvgIpc) is 3.50. The average molecular weight is 614 g/mol. The van der Waals surface area contributed by atoms with Crippen molar-refractivity contribution in [2.24, 2.45) is 0 Å². The minimum Gasteiger partial charge on any atom is -0.309 e. The first-order valence-corrected chi connectivity index (χ1v) is 16.1. The topological polar surface area (TPSA) is 46.8 Å². The fraction of sp³-hybridized carbons (Fsp3) is 0. The first-order valence-electron chi connectivity index (χ1n) is 16.1. The third kappa shape index (κ3) is 3.94. The van der Waals surface area contributed by atoms with Crippen molar-refractivity contribution < 1.29 is 0 Å². The van der Waals surface area contributed by atoms with Crippen LogP contribution < -0.4 is 4.90 Å². The van der Waals surface area contributed by atoms with E-state index in [0.717, 1.165) is 38.9 Å². The summed E-state index contributed by atoms with van der Waals surface area (Å²) in [7, 11) is 0. The Balaban J connectivity index is 1.33. The minimum absolute atomic E-state index is 0.589. The molecule has 9 aromatic rings. The molecule has 10 rings (SSSR count). The SMILES string of the molecule is c1ccc(-c2nc(-c3ccccc3)nc(-n3c4ccccc4c4c5cccc6c5c(cc43)-c3ccccc3N6c3ccccc3)n2)cc1. The fourth-order valence-corrected chi connectivity index (χ4v) is 7.31. The molecule has 0 radical (unpaired) electrons. The maximum atomic E-state index is 5.17. The summed E-state index contributed by atoms with van der Waals surface area (Å²) >= 11 is 0. The Morgan fingerprint density at radius 2 is 0.979 bits per heavy atom. The van der Waals surface area contributed by atoms with Gasteiger partial charge in [-0.2, -0.15) is 9.97 Å². The van der Waals surface area contributed by atoms with Crippen molar-refractivity contribution in [3.8, 4) is 39.9 Å². The maximum absolute atomic E-state index is 5.17. The van der Waals surface area contributed by atoms with Crippen LogP contribution in [0.15, 0.2) is 164 Å². The van der Waals surface area contributed by atoms with Crippen LogP contribution in [-0.4, -0.2) is 19.5 Å². The molecule has 1 aliphatic rings. The predicted molar refractivity (Wildman–Crippen MR) is 196 cm³/mol. The van der Waals surface area contributed by atoms with E-state index in [1.165, 1.54) is 33.0 Å². The van der Waals surface area contributed by atoms with E-state index in [4.69, 9.17) is 15.0 Å². The molecule has 0 aliphatic carbocycles. The molecule has 0 amide bonds. The van der Waals surface area contributed by atoms with Crippen LogP contribution in [0.3, 0.4) is 0 Å². The van der Waals surface area contributed by atoms with Crippen LogP contribution in [0.25, 0.3) is 72.4 Å². The Bertz CT molecular complexity index is 2610. The van der Waals surface area contributed by atoms with Crippen LogP contribution in [-0.2, 0) is 0 Å². The van der Waals surface area contributed by atoms with Crippen LogP contribution in [0.2, 0.25) is 0 Å². The smallest absolute Gasteiger partial charge is 0.238 e. The Labute approximate surface area is 277 Å². The molecule has 7 aromatic carbocycles. The molecular weight excluding hydrogens is 587 g/mol. The molecule has 0 spiro atoms. The van der Waals surface area contributed by atoms with Crippen molar-refractivity contribution in [2.75, 3.05) is 4.90 Å². The van der Waals surface area contributed by atoms with Gasteiger partial charge in [0.15, 0.2) is 11.6 Å². The highest BCUT2D eigenvalue weighted by atomic mass is 15.2. The molecule has 0 bridgehead atoms. The van der Waals surface area contributed by atoms with E-state index in [2.05, 4.69) is 113 Å². The van der Waals surface area contributed by atoms with E-state index >= 15 is 0 Å². The second-order valence-corrected chi connectivity index (χ2v) is 12.1. The van der Waals surface area contributed by atoms with E-state index < -0.39 is 0 Å². The van der Waals surface area contributed by atoms with Gasteiger partial charge in [-0.1, -0.05) is 127 Å². The van der Waals surface area contributed by atoms with Gasteiger partial charge in [-0.3, -0.25) is 4.57 Å². The summed E-state index contributed by atoms with van der Waals surface area (Å²) < 4.78 is 2.22. The van der Waals surface area contributed by atoms with Crippen molar-refractivity contribution in [3.05, 3.63) is 164 Å². The van der Waals surface area contributed by atoms with Crippen molar-refractivity contribution in [2.45, 2.75) is 0 Å². The summed E-state index contributed by atoms with van der Waals surface area (Å²) in [6.45, 7) is 0. The summed E-state index contributed by atoms with van der Waals surface area (Å²) in [5, 5.41) is 4.78. The Hall–Kier alpha value is -6.59. The van der Waals surface area contributed by atoms with Crippen LogP contribution in [0.4, 0.5) is 17.1 Å². The zero-order valence-electron chi connectivity index (χ0n) is 25.8. The molecule has 0 atom stereocenters. The van der Waals surface area contributed by atoms with Crippen LogP contribution >= 0.6 is 0 Å². The zero-order valence-corrected chi connectivity index (χ0v) is 25.8. The lowest BCUT2D eigenvalue weighted by atomic mass is 9.89. The van der Waals surface area contributed by atoms with Crippen molar-refractivity contribution in [1.82, 2.24) is 19.5 Å². The monoisotopic (exact) mass is 613 g/mol. The molecule has 0 saturated heterocycles. The third-order valence-electron chi connectivity index (χ3n) is 9.35. The third-order valence-corrected chi connectivity index (χ3v) is 9.35. The normalized spacial score (nSPS) is 12.1. The molecule has 224 valence electrons. The van der Waals surface area contributed by atoms with Crippen molar-refractivity contribution >= 4 is 49.6 Å². The predicted octanol–water partition coefficient (Wildman–Crippen LogP) is 10.9. The van der Waals surface area contributed by atoms with Crippen LogP contribution in [0.1, 0.15) is 0 Å². The van der Waals surface area contributed by atoms with E-state index in [-0.39, 0.29) is 0 Å². The second kappa shape index (κ2) is 10.5. The summed E-state index contributed by atoms with van der Waals surface area (Å²) in [6.07, 6.45) is 0. The van der Waals surface area contributed by atoms with Gasteiger partial charge in [-0.15, -0.1) is 0 Å². The molecule has 0 saturated carbocycles. The lowest BCUT2D eigenvalue weighted by Gasteiger charge is -2.33. The Morgan fingerprint density at radius 3 is 1.71 bits per heavy atom. The Kier molecular flexibility index (Phi) is 5.81. The summed E-state index contributed by atoms with van der Waals surface area (Å²) in [5.41, 5.74) is 9.84. The first-order chi connectivity index (χ1) is 23.8. The van der Waals surface area contributed by atoms with Gasteiger partial charge in [0, 0.05) is 38.5 Å². The van der Waals surface area contributed by atoms with Gasteiger partial charge in [0.2, 0.25) is 5.95 Å². The van der Waals surface area contributed by atoms with E-state index in [0.29, 0.717) is 17.6 Å². The summed E-state index contributed by atoms with van der Waals surface area (Å²) in [6, 6.07) is 57.3. The zero-order chi connectivity index (χ0) is 31.6. The largest absolute Gasteiger partial charge is 0.309 e. The Morgan fingerprint density at radius 1 is 0.396 bits per heavy atom. The van der Waals surface area contributed by atoms with E-state index in [1.54, 1.807) is 0 Å². The summed E-state index contributed by atoms with van der Waals surface area (Å²) in [5.74, 6) is 1.86. The highest BCUT2D eigenvalue weighted by molar-refractivity contribution is 6.28. The number of hydrogen-bond donors (Lipinski definition) is 0. The number of nitrogens with zero attached hydrogens (tertiary/aromatic N) is 5. The van der Waals surface area contributed by atoms with Crippen LogP contribution in [0, 0.1) is 0 Å². The fourth-order valence-electron chi connectivity index (χ4n) is 7.31. The van der Waals surface area contributed by atoms with Gasteiger partial charge in [0.1, 0.15) is 0 Å². The summed E-state index contributed by atoms with van der Waals surface area (Å²) in [4.78, 5) is 17.7. The van der Waals surface area contributed by atoms with Gasteiger partial charge in [0.05, 0.1) is 22.4 Å². The quantitative estimate of drug-likeness (QED) is 0.198. The highest BCUT2D eigenvalue weighted by Gasteiger charge is 2.29. The molecule has 3 heterocycles. The molecule has 2 aromatic heterocycles. The number of rotatable bonds is 4. The van der Waals surface area contributed by atoms with Gasteiger partial charge in [-0.05, 0) is 47.3 Å². The number of para-hydroxylation sites is 3. The number of aromatic nitrogens is 4. The van der Waals surface area contributed by atoms with Crippen molar-refractivity contribution in [3.63, 3.8) is 0 Å². The highest BCUT2D eigenvalue weighted by Crippen LogP contribution is 2.53. The molecule has 0 unspecified atom stereocenters. The number of hydrogen-bond acceptors (Lipinski definition) is 4. The number of anilines is 3. The van der Waals surface area contributed by atoms with Gasteiger partial charge in [0.25, 0.3) is 0 Å². The van der Waals surface area contributed by atoms with E-state index in [9.17, 15) is 0 Å². The molecule has 0 N–H and O–H groups in total. The van der Waals surface area contributed by atoms with Crippen LogP contribution in [0.5, 0.6) is 0 Å². The van der Waals surface area contributed by atoms with Gasteiger partial charge in [-0.25, -0.2) is 4.98 Å². The van der Waals surface area contributed by atoms with Gasteiger partial charge < -0.3 is 4.90 Å². The lowest BCUT2D eigenvalue weighted by molar-refractivity contribution is 0.953. The van der Waals surface area contributed by atoms with E-state index in [1.807, 2.05) is 60.7 Å². The minimum atomic E-state index is 0.589. The van der Waals surface area contributed by atoms with Crippen molar-refractivity contribution in [1.29, 1.82) is 0 Å². The first kappa shape index (κ1) is 26.6. The molecule has 1 aliphatic heterocycles. The number of fused-ring (bicyclic) bond motifs is 6. The second-order valence-electron chi connectivity index (χ2n) is 12.1. The lowest BCUT2D eigenvalue weighted by Crippen LogP contribution is -2.15.